The van der Waals surface area contributed by atoms with Gasteiger partial charge in [-0.15, -0.1) is 0 Å². The smallest absolute Gasteiger partial charge is 0.256 e. The molecule has 0 bridgehead atoms. The molecule has 0 fully saturated rings. The van der Waals surface area contributed by atoms with Crippen molar-refractivity contribution in [3.05, 3.63) is 170 Å². The third-order valence-corrected chi connectivity index (χ3v) is 12.1. The van der Waals surface area contributed by atoms with Gasteiger partial charge in [0.1, 0.15) is 22.7 Å². The van der Waals surface area contributed by atoms with Crippen LogP contribution in [-0.4, -0.2) is 13.4 Å². The van der Waals surface area contributed by atoms with Gasteiger partial charge < -0.3 is 19.0 Å². The fourth-order valence-electron chi connectivity index (χ4n) is 9.92. The first-order valence-electron chi connectivity index (χ1n) is 18.7. The van der Waals surface area contributed by atoms with Crippen molar-refractivity contribution in [1.82, 2.24) is 0 Å². The third kappa shape index (κ3) is 3.64. The number of rotatable bonds is 2. The maximum absolute atomic E-state index is 7.19. The largest absolute Gasteiger partial charge is 0.458 e. The van der Waals surface area contributed by atoms with Gasteiger partial charge in [0.2, 0.25) is 0 Å². The van der Waals surface area contributed by atoms with Crippen LogP contribution in [0.3, 0.4) is 0 Å². The number of anilines is 6. The summed E-state index contributed by atoms with van der Waals surface area (Å²) in [5.41, 5.74) is 18.9. The van der Waals surface area contributed by atoms with Gasteiger partial charge in [0.15, 0.2) is 0 Å². The number of fused-ring (bicyclic) bond motifs is 13. The minimum Gasteiger partial charge on any atom is -0.458 e. The standard InChI is InChI=1S/C48H28B2N2O2/c1-2-12-31(13-3-1)51-38-18-8-5-15-34(38)49-35-16-6-9-19-39(35)52-40-20-10-7-17-36(40)50-37-25-23-30(27-44(37)54-45-28-41(51)46(49)48(52)47(45)50)29-22-24-33-32-14-4-11-21-42(32)53-43(33)26-29/h1-28H. The molecule has 0 atom stereocenters. The highest BCUT2D eigenvalue weighted by atomic mass is 16.5. The number of hydrogen-bond donors (Lipinski definition) is 0. The Bertz CT molecular complexity index is 3070. The van der Waals surface area contributed by atoms with Gasteiger partial charge in [0.25, 0.3) is 13.4 Å². The summed E-state index contributed by atoms with van der Waals surface area (Å²) < 4.78 is 13.5. The Morgan fingerprint density at radius 1 is 0.389 bits per heavy atom. The van der Waals surface area contributed by atoms with E-state index in [-0.39, 0.29) is 13.4 Å². The van der Waals surface area contributed by atoms with E-state index in [0.717, 1.165) is 55.9 Å². The lowest BCUT2D eigenvalue weighted by atomic mass is 9.29. The summed E-state index contributed by atoms with van der Waals surface area (Å²) in [5, 5.41) is 2.27. The molecule has 0 saturated heterocycles. The van der Waals surface area contributed by atoms with Crippen LogP contribution in [0.4, 0.5) is 34.1 Å². The molecule has 0 amide bonds. The first-order valence-corrected chi connectivity index (χ1v) is 18.7. The number of hydrogen-bond acceptors (Lipinski definition) is 4. The maximum Gasteiger partial charge on any atom is 0.256 e. The predicted molar refractivity (Wildman–Crippen MR) is 224 cm³/mol. The van der Waals surface area contributed by atoms with Gasteiger partial charge in [-0.3, -0.25) is 0 Å². The molecule has 0 N–H and O–H groups in total. The normalized spacial score (nSPS) is 13.9. The van der Waals surface area contributed by atoms with E-state index in [1.165, 1.54) is 55.5 Å². The lowest BCUT2D eigenvalue weighted by Gasteiger charge is -2.49. The van der Waals surface area contributed by atoms with Gasteiger partial charge in [-0.1, -0.05) is 109 Å². The summed E-state index contributed by atoms with van der Waals surface area (Å²) in [6.07, 6.45) is 0. The van der Waals surface area contributed by atoms with Crippen molar-refractivity contribution >= 4 is 102 Å². The molecular formula is C48H28B2N2O2. The third-order valence-electron chi connectivity index (χ3n) is 12.1. The molecule has 9 aromatic rings. The van der Waals surface area contributed by atoms with Gasteiger partial charge in [0, 0.05) is 51.0 Å². The molecule has 0 saturated carbocycles. The SMILES string of the molecule is c1ccc(N2c3ccccc3B3c4ccccc4N4c5ccccc5B5c6ccc(-c7ccc8c(c7)oc7ccccc78)cc6Oc6cc2c3c4c65)cc1. The summed E-state index contributed by atoms with van der Waals surface area (Å²) in [5.74, 6) is 1.80. The molecular weight excluding hydrogens is 658 g/mol. The van der Waals surface area contributed by atoms with E-state index in [1.54, 1.807) is 0 Å². The topological polar surface area (TPSA) is 28.9 Å². The van der Waals surface area contributed by atoms with E-state index in [9.17, 15) is 0 Å². The fraction of sp³-hybridized carbons (Fsp3) is 0. The molecule has 4 aliphatic rings. The number of para-hydroxylation sites is 5. The van der Waals surface area contributed by atoms with Gasteiger partial charge in [-0.05, 0) is 98.5 Å². The first kappa shape index (κ1) is 28.6. The molecule has 0 radical (unpaired) electrons. The van der Waals surface area contributed by atoms with Gasteiger partial charge in [-0.2, -0.15) is 0 Å². The summed E-state index contributed by atoms with van der Waals surface area (Å²) in [6, 6.07) is 61.5. The van der Waals surface area contributed by atoms with Crippen LogP contribution in [0.25, 0.3) is 33.1 Å². The monoisotopic (exact) mass is 686 g/mol. The highest BCUT2D eigenvalue weighted by Gasteiger charge is 2.50. The minimum atomic E-state index is 0.0108. The average Bonchev–Trinajstić information content (AvgIpc) is 3.61. The van der Waals surface area contributed by atoms with Crippen molar-refractivity contribution < 1.29 is 9.15 Å². The predicted octanol–water partition coefficient (Wildman–Crippen LogP) is 8.27. The van der Waals surface area contributed by atoms with Crippen LogP contribution in [0, 0.1) is 0 Å². The van der Waals surface area contributed by atoms with Crippen LogP contribution in [0.5, 0.6) is 11.5 Å². The molecule has 13 rings (SSSR count). The lowest BCUT2D eigenvalue weighted by Crippen LogP contribution is -2.67. The molecule has 0 spiro atoms. The van der Waals surface area contributed by atoms with Crippen LogP contribution in [0.1, 0.15) is 0 Å². The summed E-state index contributed by atoms with van der Waals surface area (Å²) >= 11 is 0. The molecule has 4 aliphatic heterocycles. The van der Waals surface area contributed by atoms with Gasteiger partial charge in [-0.25, -0.2) is 0 Å². The van der Waals surface area contributed by atoms with Crippen LogP contribution < -0.4 is 47.3 Å². The van der Waals surface area contributed by atoms with Crippen LogP contribution in [0.2, 0.25) is 0 Å². The van der Waals surface area contributed by atoms with Crippen molar-refractivity contribution in [3.63, 3.8) is 0 Å². The van der Waals surface area contributed by atoms with Gasteiger partial charge in [0.05, 0.1) is 0 Å². The van der Waals surface area contributed by atoms with E-state index in [4.69, 9.17) is 9.15 Å². The molecule has 0 unspecified atom stereocenters. The zero-order valence-corrected chi connectivity index (χ0v) is 29.0. The molecule has 54 heavy (non-hydrogen) atoms. The second-order valence-electron chi connectivity index (χ2n) is 14.8. The molecule has 1 aromatic heterocycles. The zero-order valence-electron chi connectivity index (χ0n) is 29.0. The first-order chi connectivity index (χ1) is 26.8. The molecule has 4 nitrogen and oxygen atoms in total. The number of ether oxygens (including phenoxy) is 1. The average molecular weight is 686 g/mol. The number of furan rings is 1. The summed E-state index contributed by atoms with van der Waals surface area (Å²) in [6.45, 7) is 0.0865. The number of nitrogens with zero attached hydrogens (tertiary/aromatic N) is 2. The highest BCUT2D eigenvalue weighted by molar-refractivity contribution is 7.04. The van der Waals surface area contributed by atoms with Crippen molar-refractivity contribution in [2.75, 3.05) is 9.80 Å². The Kier molecular flexibility index (Phi) is 5.50. The van der Waals surface area contributed by atoms with Gasteiger partial charge >= 0.3 is 0 Å². The zero-order chi connectivity index (χ0) is 35.1. The van der Waals surface area contributed by atoms with Crippen molar-refractivity contribution in [2.45, 2.75) is 0 Å². The number of benzene rings is 8. The van der Waals surface area contributed by atoms with E-state index in [0.29, 0.717) is 0 Å². The van der Waals surface area contributed by atoms with Crippen LogP contribution in [0.15, 0.2) is 174 Å². The van der Waals surface area contributed by atoms with Crippen molar-refractivity contribution in [1.29, 1.82) is 0 Å². The Hall–Kier alpha value is -6.91. The summed E-state index contributed by atoms with van der Waals surface area (Å²) in [4.78, 5) is 4.97. The van der Waals surface area contributed by atoms with Crippen molar-refractivity contribution in [2.24, 2.45) is 0 Å². The molecule has 0 aliphatic carbocycles. The van der Waals surface area contributed by atoms with E-state index in [2.05, 4.69) is 168 Å². The maximum atomic E-state index is 7.19. The molecule has 5 heterocycles. The Morgan fingerprint density at radius 2 is 0.981 bits per heavy atom. The molecule has 248 valence electrons. The second kappa shape index (κ2) is 10.4. The Labute approximate surface area is 312 Å². The Balaban J connectivity index is 1.08. The second-order valence-corrected chi connectivity index (χ2v) is 14.8. The molecule has 8 aromatic carbocycles. The quantitative estimate of drug-likeness (QED) is 0.171. The van der Waals surface area contributed by atoms with E-state index in [1.807, 2.05) is 12.1 Å². The molecule has 6 heteroatoms. The fourth-order valence-corrected chi connectivity index (χ4v) is 9.92. The Morgan fingerprint density at radius 3 is 1.74 bits per heavy atom. The van der Waals surface area contributed by atoms with E-state index < -0.39 is 0 Å². The highest BCUT2D eigenvalue weighted by Crippen LogP contribution is 2.48. The van der Waals surface area contributed by atoms with E-state index >= 15 is 0 Å². The van der Waals surface area contributed by atoms with Crippen molar-refractivity contribution in [3.8, 4) is 22.6 Å². The summed E-state index contributed by atoms with van der Waals surface area (Å²) in [7, 11) is 0. The lowest BCUT2D eigenvalue weighted by molar-refractivity contribution is 0.488. The van der Waals surface area contributed by atoms with Crippen LogP contribution in [-0.2, 0) is 0 Å². The van der Waals surface area contributed by atoms with Crippen LogP contribution >= 0.6 is 0 Å². The minimum absolute atomic E-state index is 0.0108.